The van der Waals surface area contributed by atoms with Crippen LogP contribution in [-0.4, -0.2) is 16.1 Å². The van der Waals surface area contributed by atoms with Crippen molar-refractivity contribution in [1.29, 1.82) is 0 Å². The van der Waals surface area contributed by atoms with Gasteiger partial charge in [-0.15, -0.1) is 34.0 Å². The zero-order valence-corrected chi connectivity index (χ0v) is 14.3. The lowest BCUT2D eigenvalue weighted by molar-refractivity contribution is -0.136. The number of benzene rings is 1. The van der Waals surface area contributed by atoms with Crippen molar-refractivity contribution < 1.29 is 9.90 Å². The van der Waals surface area contributed by atoms with E-state index >= 15 is 0 Å². The SMILES string of the molecule is O=C(O)Cc1sc(-c2cc3ccccc3s2)nc1-c1cccs1. The first-order valence-electron chi connectivity index (χ1n) is 6.95. The molecule has 4 aromatic rings. The van der Waals surface area contributed by atoms with E-state index in [-0.39, 0.29) is 6.42 Å². The number of thiophene rings is 2. The van der Waals surface area contributed by atoms with Crippen molar-refractivity contribution in [3.05, 3.63) is 52.7 Å². The first-order chi connectivity index (χ1) is 11.2. The zero-order valence-electron chi connectivity index (χ0n) is 11.9. The van der Waals surface area contributed by atoms with Gasteiger partial charge in [0.15, 0.2) is 0 Å². The third kappa shape index (κ3) is 2.81. The van der Waals surface area contributed by atoms with E-state index in [1.54, 1.807) is 22.7 Å². The Labute approximate surface area is 144 Å². The molecule has 0 atom stereocenters. The number of nitrogens with zero attached hydrogens (tertiary/aromatic N) is 1. The first kappa shape index (κ1) is 14.6. The fourth-order valence-corrected chi connectivity index (χ4v) is 5.39. The summed E-state index contributed by atoms with van der Waals surface area (Å²) in [5.41, 5.74) is 0.805. The minimum absolute atomic E-state index is 0.00972. The number of aliphatic carboxylic acids is 1. The molecule has 114 valence electrons. The number of carboxylic acids is 1. The Kier molecular flexibility index (Phi) is 3.72. The molecule has 4 rings (SSSR count). The summed E-state index contributed by atoms with van der Waals surface area (Å²) >= 11 is 4.76. The fraction of sp³-hybridized carbons (Fsp3) is 0.0588. The molecule has 1 N–H and O–H groups in total. The average molecular weight is 357 g/mol. The van der Waals surface area contributed by atoms with Crippen LogP contribution in [0.1, 0.15) is 4.88 Å². The average Bonchev–Trinajstić information content (AvgIpc) is 3.25. The van der Waals surface area contributed by atoms with Gasteiger partial charge in [-0.1, -0.05) is 24.3 Å². The lowest BCUT2D eigenvalue weighted by Crippen LogP contribution is -1.98. The third-order valence-electron chi connectivity index (χ3n) is 3.40. The van der Waals surface area contributed by atoms with Crippen LogP contribution in [0, 0.1) is 0 Å². The van der Waals surface area contributed by atoms with Crippen LogP contribution in [0.25, 0.3) is 30.5 Å². The molecule has 0 amide bonds. The fourth-order valence-electron chi connectivity index (χ4n) is 2.41. The predicted molar refractivity (Wildman–Crippen MR) is 97.6 cm³/mol. The Bertz CT molecular complexity index is 950. The Balaban J connectivity index is 1.84. The smallest absolute Gasteiger partial charge is 0.308 e. The largest absolute Gasteiger partial charge is 0.481 e. The molecule has 0 aliphatic heterocycles. The second kappa shape index (κ2) is 5.88. The van der Waals surface area contributed by atoms with Gasteiger partial charge in [0.05, 0.1) is 21.9 Å². The molecule has 3 aromatic heterocycles. The van der Waals surface area contributed by atoms with Crippen molar-refractivity contribution in [2.45, 2.75) is 6.42 Å². The summed E-state index contributed by atoms with van der Waals surface area (Å²) in [6, 6.07) is 14.3. The minimum Gasteiger partial charge on any atom is -0.481 e. The molecule has 1 aromatic carbocycles. The van der Waals surface area contributed by atoms with Gasteiger partial charge in [-0.05, 0) is 29.0 Å². The van der Waals surface area contributed by atoms with E-state index in [4.69, 9.17) is 10.1 Å². The summed E-state index contributed by atoms with van der Waals surface area (Å²) in [5.74, 6) is -0.825. The summed E-state index contributed by atoms with van der Waals surface area (Å²) in [5, 5.41) is 13.2. The molecule has 0 saturated carbocycles. The number of thiazole rings is 1. The molecular formula is C17H11NO2S3. The maximum Gasteiger partial charge on any atom is 0.308 e. The Morgan fingerprint density at radius 2 is 1.96 bits per heavy atom. The normalized spacial score (nSPS) is 11.1. The molecular weight excluding hydrogens is 346 g/mol. The quantitative estimate of drug-likeness (QED) is 0.533. The van der Waals surface area contributed by atoms with Gasteiger partial charge in [0.2, 0.25) is 0 Å². The van der Waals surface area contributed by atoms with Crippen molar-refractivity contribution in [2.24, 2.45) is 0 Å². The van der Waals surface area contributed by atoms with Crippen molar-refractivity contribution in [3.63, 3.8) is 0 Å². The third-order valence-corrected chi connectivity index (χ3v) is 6.62. The van der Waals surface area contributed by atoms with Crippen LogP contribution < -0.4 is 0 Å². The summed E-state index contributed by atoms with van der Waals surface area (Å²) < 4.78 is 1.22. The zero-order chi connectivity index (χ0) is 15.8. The number of fused-ring (bicyclic) bond motifs is 1. The summed E-state index contributed by atoms with van der Waals surface area (Å²) in [6.45, 7) is 0. The Hall–Kier alpha value is -2.02. The molecule has 0 aliphatic carbocycles. The lowest BCUT2D eigenvalue weighted by Gasteiger charge is -1.95. The standard InChI is InChI=1S/C17H11NO2S3/c19-15(20)9-13-16(12-6-3-7-21-12)18-17(23-13)14-8-10-4-1-2-5-11(10)22-14/h1-8H,9H2,(H,19,20). The van der Waals surface area contributed by atoms with E-state index in [2.05, 4.69) is 18.2 Å². The monoisotopic (exact) mass is 357 g/mol. The highest BCUT2D eigenvalue weighted by atomic mass is 32.1. The van der Waals surface area contributed by atoms with Crippen molar-refractivity contribution in [2.75, 3.05) is 0 Å². The first-order valence-corrected chi connectivity index (χ1v) is 9.46. The van der Waals surface area contributed by atoms with Crippen LogP contribution in [0.4, 0.5) is 0 Å². The highest BCUT2D eigenvalue weighted by molar-refractivity contribution is 7.26. The van der Waals surface area contributed by atoms with Crippen molar-refractivity contribution >= 4 is 50.1 Å². The maximum absolute atomic E-state index is 11.2. The minimum atomic E-state index is -0.825. The van der Waals surface area contributed by atoms with Gasteiger partial charge in [-0.2, -0.15) is 0 Å². The van der Waals surface area contributed by atoms with Gasteiger partial charge >= 0.3 is 5.97 Å². The molecule has 23 heavy (non-hydrogen) atoms. The summed E-state index contributed by atoms with van der Waals surface area (Å²) in [7, 11) is 0. The molecule has 0 fully saturated rings. The van der Waals surface area contributed by atoms with Crippen molar-refractivity contribution in [3.8, 4) is 20.5 Å². The molecule has 0 aliphatic rings. The lowest BCUT2D eigenvalue weighted by atomic mass is 10.2. The molecule has 0 saturated heterocycles. The van der Waals surface area contributed by atoms with Gasteiger partial charge in [0, 0.05) is 9.58 Å². The Morgan fingerprint density at radius 3 is 2.70 bits per heavy atom. The van der Waals surface area contributed by atoms with Crippen LogP contribution in [0.5, 0.6) is 0 Å². The van der Waals surface area contributed by atoms with Gasteiger partial charge in [0.1, 0.15) is 5.01 Å². The Morgan fingerprint density at radius 1 is 1.09 bits per heavy atom. The number of carbonyl (C=O) groups is 1. The molecule has 3 heterocycles. The number of carboxylic acid groups (broad SMARTS) is 1. The topological polar surface area (TPSA) is 50.2 Å². The van der Waals surface area contributed by atoms with Gasteiger partial charge in [-0.25, -0.2) is 4.98 Å². The van der Waals surface area contributed by atoms with E-state index in [0.717, 1.165) is 25.3 Å². The van der Waals surface area contributed by atoms with Crippen LogP contribution >= 0.6 is 34.0 Å². The van der Waals surface area contributed by atoms with Gasteiger partial charge < -0.3 is 5.11 Å². The maximum atomic E-state index is 11.2. The second-order valence-corrected chi connectivity index (χ2v) is 8.10. The number of hydrogen-bond acceptors (Lipinski definition) is 5. The second-order valence-electron chi connectivity index (χ2n) is 4.99. The van der Waals surface area contributed by atoms with Crippen LogP contribution in [0.15, 0.2) is 47.8 Å². The van der Waals surface area contributed by atoms with Gasteiger partial charge in [0.25, 0.3) is 0 Å². The molecule has 0 bridgehead atoms. The summed E-state index contributed by atoms with van der Waals surface area (Å²) in [4.78, 5) is 18.8. The number of hydrogen-bond donors (Lipinski definition) is 1. The summed E-state index contributed by atoms with van der Waals surface area (Å²) in [6.07, 6.45) is 0.00972. The van der Waals surface area contributed by atoms with Crippen LogP contribution in [0.2, 0.25) is 0 Å². The van der Waals surface area contributed by atoms with Crippen LogP contribution in [-0.2, 0) is 11.2 Å². The molecule has 0 radical (unpaired) electrons. The molecule has 3 nitrogen and oxygen atoms in total. The number of aromatic nitrogens is 1. The van der Waals surface area contributed by atoms with Crippen molar-refractivity contribution in [1.82, 2.24) is 4.98 Å². The van der Waals surface area contributed by atoms with E-state index in [0.29, 0.717) is 0 Å². The van der Waals surface area contributed by atoms with E-state index in [1.807, 2.05) is 29.6 Å². The highest BCUT2D eigenvalue weighted by Crippen LogP contribution is 2.40. The van der Waals surface area contributed by atoms with Crippen LogP contribution in [0.3, 0.4) is 0 Å². The van der Waals surface area contributed by atoms with Gasteiger partial charge in [-0.3, -0.25) is 4.79 Å². The highest BCUT2D eigenvalue weighted by Gasteiger charge is 2.18. The molecule has 6 heteroatoms. The number of rotatable bonds is 4. The predicted octanol–water partition coefficient (Wildman–Crippen LogP) is 5.38. The van der Waals surface area contributed by atoms with E-state index < -0.39 is 5.97 Å². The van der Waals surface area contributed by atoms with E-state index in [1.165, 1.54) is 21.4 Å². The molecule has 0 spiro atoms. The van der Waals surface area contributed by atoms with E-state index in [9.17, 15) is 4.79 Å². The molecule has 0 unspecified atom stereocenters.